The molecular formula is C46H31NS. The number of anilines is 3. The number of para-hydroxylation sites is 1. The van der Waals surface area contributed by atoms with Gasteiger partial charge in [-0.15, -0.1) is 11.3 Å². The van der Waals surface area contributed by atoms with Crippen molar-refractivity contribution < 1.29 is 0 Å². The summed E-state index contributed by atoms with van der Waals surface area (Å²) in [5.74, 6) is 0. The minimum absolute atomic E-state index is 1.12. The monoisotopic (exact) mass is 629 g/mol. The highest BCUT2D eigenvalue weighted by atomic mass is 32.1. The van der Waals surface area contributed by atoms with Crippen molar-refractivity contribution in [2.24, 2.45) is 0 Å². The molecule has 0 atom stereocenters. The summed E-state index contributed by atoms with van der Waals surface area (Å²) in [5.41, 5.74) is 10.7. The van der Waals surface area contributed by atoms with Crippen LogP contribution in [0.25, 0.3) is 64.3 Å². The fourth-order valence-corrected chi connectivity index (χ4v) is 8.25. The Labute approximate surface area is 284 Å². The minimum atomic E-state index is 1.12. The third-order valence-corrected chi connectivity index (χ3v) is 10.6. The number of benzene rings is 8. The van der Waals surface area contributed by atoms with Gasteiger partial charge >= 0.3 is 0 Å². The lowest BCUT2D eigenvalue weighted by atomic mass is 9.99. The molecule has 48 heavy (non-hydrogen) atoms. The maximum absolute atomic E-state index is 2.33. The van der Waals surface area contributed by atoms with Crippen LogP contribution in [0, 0.1) is 0 Å². The van der Waals surface area contributed by atoms with Crippen molar-refractivity contribution in [3.63, 3.8) is 0 Å². The average Bonchev–Trinajstić information content (AvgIpc) is 3.56. The molecule has 9 rings (SSSR count). The molecule has 0 bridgehead atoms. The first-order chi connectivity index (χ1) is 23.8. The average molecular weight is 630 g/mol. The Hall–Kier alpha value is -5.96. The van der Waals surface area contributed by atoms with Crippen LogP contribution in [0.1, 0.15) is 0 Å². The molecule has 0 unspecified atom stereocenters. The first kappa shape index (κ1) is 28.3. The van der Waals surface area contributed by atoms with Crippen LogP contribution in [0.2, 0.25) is 0 Å². The summed E-state index contributed by atoms with van der Waals surface area (Å²) in [6.07, 6.45) is 0. The van der Waals surface area contributed by atoms with E-state index in [1.165, 1.54) is 64.3 Å². The second-order valence-corrected chi connectivity index (χ2v) is 13.2. The second-order valence-electron chi connectivity index (χ2n) is 12.2. The molecule has 0 aliphatic heterocycles. The Morgan fingerprint density at radius 1 is 0.312 bits per heavy atom. The third kappa shape index (κ3) is 5.04. The van der Waals surface area contributed by atoms with Gasteiger partial charge in [0, 0.05) is 37.2 Å². The van der Waals surface area contributed by atoms with Gasteiger partial charge in [-0.2, -0.15) is 0 Å². The van der Waals surface area contributed by atoms with Gasteiger partial charge in [0.1, 0.15) is 0 Å². The number of hydrogen-bond acceptors (Lipinski definition) is 2. The Balaban J connectivity index is 1.08. The molecule has 0 spiro atoms. The molecule has 8 aromatic carbocycles. The fraction of sp³-hybridized carbons (Fsp3) is 0. The largest absolute Gasteiger partial charge is 0.311 e. The summed E-state index contributed by atoms with van der Waals surface area (Å²) in [6.45, 7) is 0. The molecule has 226 valence electrons. The van der Waals surface area contributed by atoms with Crippen molar-refractivity contribution in [2.45, 2.75) is 0 Å². The predicted octanol–water partition coefficient (Wildman–Crippen LogP) is 13.7. The van der Waals surface area contributed by atoms with E-state index in [0.29, 0.717) is 0 Å². The standard InChI is InChI=1S/C46H31NS/c1-3-11-32(12-4-1)36-14-9-15-37(31-36)33-21-26-39(27-22-33)47(38-16-5-2-6-17-38)40-28-23-35(24-29-40)42-19-10-20-43-44-30-25-34-13-7-8-18-41(34)46(44)48-45(42)43/h1-31H. The van der Waals surface area contributed by atoms with Crippen LogP contribution in [-0.2, 0) is 0 Å². The van der Waals surface area contributed by atoms with E-state index < -0.39 is 0 Å². The Kier molecular flexibility index (Phi) is 7.07. The molecule has 0 N–H and O–H groups in total. The fourth-order valence-electron chi connectivity index (χ4n) is 6.88. The van der Waals surface area contributed by atoms with Gasteiger partial charge in [0.25, 0.3) is 0 Å². The predicted molar refractivity (Wildman–Crippen MR) is 208 cm³/mol. The number of fused-ring (bicyclic) bond motifs is 5. The SMILES string of the molecule is c1ccc(-c2cccc(-c3ccc(N(c4ccccc4)c4ccc(-c5cccc6c5sc5c7ccccc7ccc65)cc4)cc3)c2)cc1. The first-order valence-corrected chi connectivity index (χ1v) is 17.2. The summed E-state index contributed by atoms with van der Waals surface area (Å²) in [4.78, 5) is 2.33. The smallest absolute Gasteiger partial charge is 0.0462 e. The zero-order chi connectivity index (χ0) is 31.9. The molecule has 0 radical (unpaired) electrons. The number of hydrogen-bond donors (Lipinski definition) is 0. The van der Waals surface area contributed by atoms with E-state index in [1.807, 2.05) is 11.3 Å². The lowest BCUT2D eigenvalue weighted by molar-refractivity contribution is 1.28. The Morgan fingerprint density at radius 2 is 0.833 bits per heavy atom. The van der Waals surface area contributed by atoms with Gasteiger partial charge in [-0.25, -0.2) is 0 Å². The lowest BCUT2D eigenvalue weighted by Crippen LogP contribution is -2.09. The van der Waals surface area contributed by atoms with Crippen LogP contribution in [0.4, 0.5) is 17.1 Å². The first-order valence-electron chi connectivity index (χ1n) is 16.3. The normalized spacial score (nSPS) is 11.3. The van der Waals surface area contributed by atoms with Gasteiger partial charge in [0.05, 0.1) is 0 Å². The highest BCUT2D eigenvalue weighted by Crippen LogP contribution is 2.43. The van der Waals surface area contributed by atoms with E-state index in [4.69, 9.17) is 0 Å². The van der Waals surface area contributed by atoms with Crippen LogP contribution in [-0.4, -0.2) is 0 Å². The maximum atomic E-state index is 2.33. The van der Waals surface area contributed by atoms with Crippen LogP contribution in [0.15, 0.2) is 188 Å². The maximum Gasteiger partial charge on any atom is 0.0462 e. The molecule has 1 nitrogen and oxygen atoms in total. The van der Waals surface area contributed by atoms with Crippen molar-refractivity contribution in [3.8, 4) is 33.4 Å². The minimum Gasteiger partial charge on any atom is -0.311 e. The molecule has 0 saturated carbocycles. The molecule has 2 heteroatoms. The molecule has 1 heterocycles. The van der Waals surface area contributed by atoms with Crippen LogP contribution < -0.4 is 4.90 Å². The quantitative estimate of drug-likeness (QED) is 0.177. The molecule has 0 fully saturated rings. The second kappa shape index (κ2) is 12.0. The van der Waals surface area contributed by atoms with Gasteiger partial charge in [0.15, 0.2) is 0 Å². The highest BCUT2D eigenvalue weighted by Gasteiger charge is 2.15. The van der Waals surface area contributed by atoms with Gasteiger partial charge < -0.3 is 4.90 Å². The van der Waals surface area contributed by atoms with Crippen molar-refractivity contribution >= 4 is 59.3 Å². The number of nitrogens with zero attached hydrogens (tertiary/aromatic N) is 1. The van der Waals surface area contributed by atoms with Crippen molar-refractivity contribution in [1.29, 1.82) is 0 Å². The van der Waals surface area contributed by atoms with Gasteiger partial charge in [-0.05, 0) is 86.6 Å². The number of rotatable bonds is 6. The molecule has 0 saturated heterocycles. The Morgan fingerprint density at radius 3 is 1.56 bits per heavy atom. The van der Waals surface area contributed by atoms with Gasteiger partial charge in [0.2, 0.25) is 0 Å². The molecule has 0 amide bonds. The topological polar surface area (TPSA) is 3.24 Å². The number of thiophene rings is 1. The van der Waals surface area contributed by atoms with Crippen molar-refractivity contribution in [3.05, 3.63) is 188 Å². The summed E-state index contributed by atoms with van der Waals surface area (Å²) in [7, 11) is 0. The van der Waals surface area contributed by atoms with Gasteiger partial charge in [-0.1, -0.05) is 146 Å². The van der Waals surface area contributed by atoms with Crippen molar-refractivity contribution in [2.75, 3.05) is 4.90 Å². The van der Waals surface area contributed by atoms with Crippen LogP contribution in [0.5, 0.6) is 0 Å². The van der Waals surface area contributed by atoms with E-state index in [1.54, 1.807) is 0 Å². The summed E-state index contributed by atoms with van der Waals surface area (Å²) in [6, 6.07) is 67.9. The third-order valence-electron chi connectivity index (χ3n) is 9.27. The van der Waals surface area contributed by atoms with E-state index in [2.05, 4.69) is 193 Å². The molecule has 1 aromatic heterocycles. The van der Waals surface area contributed by atoms with E-state index in [9.17, 15) is 0 Å². The summed E-state index contributed by atoms with van der Waals surface area (Å²) in [5, 5.41) is 5.27. The molecule has 9 aromatic rings. The zero-order valence-electron chi connectivity index (χ0n) is 26.3. The molecule has 0 aliphatic carbocycles. The van der Waals surface area contributed by atoms with Crippen LogP contribution in [0.3, 0.4) is 0 Å². The van der Waals surface area contributed by atoms with Crippen molar-refractivity contribution in [1.82, 2.24) is 0 Å². The summed E-state index contributed by atoms with van der Waals surface area (Å²) < 4.78 is 2.70. The lowest BCUT2D eigenvalue weighted by Gasteiger charge is -2.26. The Bertz CT molecular complexity index is 2530. The molecular weight excluding hydrogens is 599 g/mol. The zero-order valence-corrected chi connectivity index (χ0v) is 27.1. The van der Waals surface area contributed by atoms with Crippen LogP contribution >= 0.6 is 11.3 Å². The molecule has 0 aliphatic rings. The van der Waals surface area contributed by atoms with E-state index in [0.717, 1.165) is 17.1 Å². The van der Waals surface area contributed by atoms with E-state index >= 15 is 0 Å². The van der Waals surface area contributed by atoms with E-state index in [-0.39, 0.29) is 0 Å². The van der Waals surface area contributed by atoms with Gasteiger partial charge in [-0.3, -0.25) is 0 Å². The highest BCUT2D eigenvalue weighted by molar-refractivity contribution is 7.27. The summed E-state index contributed by atoms with van der Waals surface area (Å²) >= 11 is 1.91.